The van der Waals surface area contributed by atoms with E-state index in [-0.39, 0.29) is 11.5 Å². The van der Waals surface area contributed by atoms with Crippen LogP contribution in [0.1, 0.15) is 50.8 Å². The van der Waals surface area contributed by atoms with Crippen LogP contribution in [-0.2, 0) is 20.8 Å². The van der Waals surface area contributed by atoms with E-state index >= 15 is 0 Å². The average molecular weight is 571 g/mol. The summed E-state index contributed by atoms with van der Waals surface area (Å²) in [6.45, 7) is 3.92. The molecule has 11 heteroatoms. The molecule has 186 valence electrons. The number of hydrogen-bond acceptors (Lipinski definition) is 7. The predicted octanol–water partition coefficient (Wildman–Crippen LogP) is 4.16. The zero-order valence-corrected chi connectivity index (χ0v) is 22.1. The van der Waals surface area contributed by atoms with Gasteiger partial charge in [-0.05, 0) is 58.9 Å². The van der Waals surface area contributed by atoms with Gasteiger partial charge in [-0.15, -0.1) is 0 Å². The highest BCUT2D eigenvalue weighted by Gasteiger charge is 2.23. The third-order valence-electron chi connectivity index (χ3n) is 5.49. The number of amides is 1. The van der Waals surface area contributed by atoms with Crippen LogP contribution in [0.25, 0.3) is 10.8 Å². The molecule has 0 radical (unpaired) electrons. The number of rotatable bonds is 7. The number of aryl methyl sites for hydroxylation is 1. The molecule has 0 fully saturated rings. The van der Waals surface area contributed by atoms with Crippen molar-refractivity contribution in [2.75, 3.05) is 6.26 Å². The molecule has 0 aliphatic heterocycles. The largest absolute Gasteiger partial charge is 0.353 e. The lowest BCUT2D eigenvalue weighted by Crippen LogP contribution is -2.29. The number of benzene rings is 2. The first kappa shape index (κ1) is 25.5. The van der Waals surface area contributed by atoms with Crippen LogP contribution in [0, 0.1) is 6.92 Å². The van der Waals surface area contributed by atoms with E-state index < -0.39 is 22.1 Å². The van der Waals surface area contributed by atoms with E-state index in [2.05, 4.69) is 35.5 Å². The van der Waals surface area contributed by atoms with Gasteiger partial charge in [-0.2, -0.15) is 13.5 Å². The van der Waals surface area contributed by atoms with Gasteiger partial charge < -0.3 is 9.50 Å². The van der Waals surface area contributed by atoms with Crippen LogP contribution in [0.15, 0.2) is 65.3 Å². The fraction of sp³-hybridized carbons (Fsp3) is 0.200. The van der Waals surface area contributed by atoms with Crippen LogP contribution in [0.2, 0.25) is 0 Å². The first-order valence-corrected chi connectivity index (χ1v) is 13.5. The van der Waals surface area contributed by atoms with Gasteiger partial charge in [0.2, 0.25) is 0 Å². The van der Waals surface area contributed by atoms with Crippen LogP contribution < -0.4 is 5.32 Å². The van der Waals surface area contributed by atoms with E-state index in [0.29, 0.717) is 22.4 Å². The lowest BCUT2D eigenvalue weighted by atomic mass is 10.1. The number of fused-ring (bicyclic) bond motifs is 1. The van der Waals surface area contributed by atoms with Crippen molar-refractivity contribution in [3.05, 3.63) is 93.5 Å². The van der Waals surface area contributed by atoms with E-state index in [9.17, 15) is 18.0 Å². The second-order valence-corrected chi connectivity index (χ2v) is 10.7. The fourth-order valence-electron chi connectivity index (χ4n) is 3.70. The van der Waals surface area contributed by atoms with Gasteiger partial charge in [0.15, 0.2) is 0 Å². The summed E-state index contributed by atoms with van der Waals surface area (Å²) >= 11 is 3.49. The topological polar surface area (TPSA) is 120 Å². The molecular formula is C25H23BrN4O5S. The maximum absolute atomic E-state index is 13.3. The van der Waals surface area contributed by atoms with Crippen molar-refractivity contribution in [2.24, 2.45) is 0 Å². The second kappa shape index (κ2) is 10.2. The van der Waals surface area contributed by atoms with Crippen molar-refractivity contribution in [1.29, 1.82) is 0 Å². The summed E-state index contributed by atoms with van der Waals surface area (Å²) in [6, 6.07) is 15.6. The van der Waals surface area contributed by atoms with Crippen molar-refractivity contribution in [1.82, 2.24) is 20.1 Å². The van der Waals surface area contributed by atoms with E-state index in [0.717, 1.165) is 28.3 Å². The summed E-state index contributed by atoms with van der Waals surface area (Å²) in [4.78, 5) is 29.7. The molecule has 2 aromatic heterocycles. The second-order valence-electron chi connectivity index (χ2n) is 8.32. The smallest absolute Gasteiger partial charge is 0.344 e. The molecule has 0 spiro atoms. The van der Waals surface area contributed by atoms with Crippen molar-refractivity contribution < 1.29 is 22.2 Å². The molecule has 0 aliphatic rings. The normalized spacial score (nSPS) is 12.3. The fourth-order valence-corrected chi connectivity index (χ4v) is 4.54. The van der Waals surface area contributed by atoms with Crippen LogP contribution in [0.3, 0.4) is 0 Å². The summed E-state index contributed by atoms with van der Waals surface area (Å²) < 4.78 is 28.9. The molecule has 4 rings (SSSR count). The molecule has 0 saturated heterocycles. The number of halogens is 1. The minimum atomic E-state index is -3.91. The Morgan fingerprint density at radius 3 is 2.44 bits per heavy atom. The molecule has 0 unspecified atom stereocenters. The minimum Gasteiger partial charge on any atom is -0.344 e. The zero-order chi connectivity index (χ0) is 26.0. The van der Waals surface area contributed by atoms with E-state index in [4.69, 9.17) is 0 Å². The van der Waals surface area contributed by atoms with Crippen molar-refractivity contribution in [3.63, 3.8) is 0 Å². The molecule has 0 saturated carbocycles. The molecule has 9 nitrogen and oxygen atoms in total. The summed E-state index contributed by atoms with van der Waals surface area (Å²) in [5, 5.41) is 9.54. The molecule has 2 aromatic carbocycles. The number of nitrogens with zero attached hydrogens (tertiary/aromatic N) is 3. The molecule has 2 heterocycles. The van der Waals surface area contributed by atoms with Gasteiger partial charge in [-0.3, -0.25) is 14.5 Å². The number of carbonyl (C=O) groups excluding carboxylic acids is 2. The van der Waals surface area contributed by atoms with Gasteiger partial charge in [0, 0.05) is 11.6 Å². The zero-order valence-electron chi connectivity index (χ0n) is 19.7. The number of aromatic nitrogens is 3. The summed E-state index contributed by atoms with van der Waals surface area (Å²) in [7, 11) is -3.91. The third kappa shape index (κ3) is 5.80. The molecule has 1 amide bonds. The van der Waals surface area contributed by atoms with Gasteiger partial charge in [-0.1, -0.05) is 36.4 Å². The van der Waals surface area contributed by atoms with Crippen molar-refractivity contribution in [3.8, 4) is 0 Å². The van der Waals surface area contributed by atoms with Gasteiger partial charge >= 0.3 is 16.1 Å². The van der Waals surface area contributed by atoms with Gasteiger partial charge in [0.05, 0.1) is 40.3 Å². The maximum atomic E-state index is 13.3. The standard InChI is InChI=1S/C25H23BrN4O5S/c1-15(17-8-10-18(11-9-17)25(32)35-36(3,33)34)28-24(31)23-22(26)16(2)29-30(23)14-21-12-19-6-4-5-7-20(19)13-27-21/h4-13,15H,14H2,1-3H3,(H,28,31)/t15-/m0/s1. The first-order chi connectivity index (χ1) is 17.0. The Bertz CT molecular complexity index is 1570. The predicted molar refractivity (Wildman–Crippen MR) is 138 cm³/mol. The molecular weight excluding hydrogens is 548 g/mol. The Labute approximate surface area is 216 Å². The van der Waals surface area contributed by atoms with Crippen molar-refractivity contribution >= 4 is 48.7 Å². The Morgan fingerprint density at radius 2 is 1.78 bits per heavy atom. The number of nitrogens with one attached hydrogen (secondary N) is 1. The summed E-state index contributed by atoms with van der Waals surface area (Å²) in [5.74, 6) is -1.30. The highest BCUT2D eigenvalue weighted by Crippen LogP contribution is 2.24. The third-order valence-corrected chi connectivity index (χ3v) is 6.89. The molecule has 36 heavy (non-hydrogen) atoms. The minimum absolute atomic E-state index is 0.0852. The maximum Gasteiger partial charge on any atom is 0.353 e. The Kier molecular flexibility index (Phi) is 7.23. The Hall–Kier alpha value is -3.57. The monoisotopic (exact) mass is 570 g/mol. The summed E-state index contributed by atoms with van der Waals surface area (Å²) in [5.41, 5.74) is 2.60. The van der Waals surface area contributed by atoms with Crippen molar-refractivity contribution in [2.45, 2.75) is 26.4 Å². The van der Waals surface area contributed by atoms with E-state index in [1.807, 2.05) is 37.3 Å². The van der Waals surface area contributed by atoms with Crippen LogP contribution >= 0.6 is 15.9 Å². The van der Waals surface area contributed by atoms with Crippen LogP contribution in [0.5, 0.6) is 0 Å². The SMILES string of the molecule is Cc1nn(Cc2cc3ccccc3cn2)c(C(=O)N[C@@H](C)c2ccc(C(=O)OS(C)(=O)=O)cc2)c1Br. The highest BCUT2D eigenvalue weighted by atomic mass is 79.9. The van der Waals surface area contributed by atoms with Crippen LogP contribution in [0.4, 0.5) is 0 Å². The molecule has 1 atom stereocenters. The Balaban J connectivity index is 1.51. The lowest BCUT2D eigenvalue weighted by molar-refractivity contribution is 0.0747. The highest BCUT2D eigenvalue weighted by molar-refractivity contribution is 9.10. The molecule has 4 aromatic rings. The van der Waals surface area contributed by atoms with Gasteiger partial charge in [-0.25, -0.2) is 4.79 Å². The average Bonchev–Trinajstić information content (AvgIpc) is 3.10. The lowest BCUT2D eigenvalue weighted by Gasteiger charge is -2.16. The summed E-state index contributed by atoms with van der Waals surface area (Å²) in [6.07, 6.45) is 2.60. The van der Waals surface area contributed by atoms with E-state index in [1.54, 1.807) is 29.9 Å². The number of pyridine rings is 1. The number of carbonyl (C=O) groups is 2. The quantitative estimate of drug-likeness (QED) is 0.331. The van der Waals surface area contributed by atoms with E-state index in [1.165, 1.54) is 12.1 Å². The molecule has 1 N–H and O–H groups in total. The number of hydrogen-bond donors (Lipinski definition) is 1. The molecule has 0 bridgehead atoms. The molecule has 0 aliphatic carbocycles. The Morgan fingerprint density at radius 1 is 1.11 bits per heavy atom. The van der Waals surface area contributed by atoms with Gasteiger partial charge in [0.25, 0.3) is 5.91 Å². The van der Waals surface area contributed by atoms with Crippen LogP contribution in [-0.4, -0.2) is 41.3 Å². The first-order valence-electron chi connectivity index (χ1n) is 10.9. The van der Waals surface area contributed by atoms with Gasteiger partial charge in [0.1, 0.15) is 5.69 Å².